The first-order valence-electron chi connectivity index (χ1n) is 5.55. The Labute approximate surface area is 92.1 Å². The minimum atomic E-state index is -3.17. The number of hydrogen-bond acceptors (Lipinski definition) is 3. The van der Waals surface area contributed by atoms with E-state index in [1.54, 1.807) is 0 Å². The second kappa shape index (κ2) is 5.27. The first kappa shape index (κ1) is 12.9. The normalized spacial score (nSPS) is 19.5. The zero-order chi connectivity index (χ0) is 11.5. The number of aliphatic hydroxyl groups excluding tert-OH is 1. The molecule has 0 saturated heterocycles. The van der Waals surface area contributed by atoms with Gasteiger partial charge in [-0.15, -0.1) is 0 Å². The van der Waals surface area contributed by atoms with Crippen LogP contribution in [0.25, 0.3) is 0 Å². The molecule has 5 heteroatoms. The highest BCUT2D eigenvalue weighted by atomic mass is 32.2. The Kier molecular flexibility index (Phi) is 4.55. The van der Waals surface area contributed by atoms with Crippen LogP contribution in [0, 0.1) is 11.8 Å². The molecule has 0 amide bonds. The fourth-order valence-corrected chi connectivity index (χ4v) is 3.49. The van der Waals surface area contributed by atoms with Gasteiger partial charge < -0.3 is 5.11 Å². The average molecular weight is 235 g/mol. The fraction of sp³-hybridized carbons (Fsp3) is 1.00. The second-order valence-corrected chi connectivity index (χ2v) is 6.55. The van der Waals surface area contributed by atoms with Crippen molar-refractivity contribution in [3.63, 3.8) is 0 Å². The van der Waals surface area contributed by atoms with E-state index in [1.807, 2.05) is 13.8 Å². The molecular formula is C10H21NO3S. The lowest BCUT2D eigenvalue weighted by Crippen LogP contribution is -2.39. The molecule has 1 atom stereocenters. The summed E-state index contributed by atoms with van der Waals surface area (Å²) < 4.78 is 26.0. The average Bonchev–Trinajstić information content (AvgIpc) is 2.81. The molecule has 1 rings (SSSR count). The van der Waals surface area contributed by atoms with Gasteiger partial charge in [-0.05, 0) is 31.1 Å². The van der Waals surface area contributed by atoms with Crippen molar-refractivity contribution in [1.82, 2.24) is 4.72 Å². The molecule has 0 aromatic heterocycles. The van der Waals surface area contributed by atoms with E-state index in [2.05, 4.69) is 4.72 Å². The Morgan fingerprint density at radius 3 is 2.40 bits per heavy atom. The molecule has 2 N–H and O–H groups in total. The van der Waals surface area contributed by atoms with Crippen LogP contribution in [0.2, 0.25) is 0 Å². The van der Waals surface area contributed by atoms with Crippen LogP contribution >= 0.6 is 0 Å². The van der Waals surface area contributed by atoms with Crippen molar-refractivity contribution in [3.8, 4) is 0 Å². The molecule has 15 heavy (non-hydrogen) atoms. The third-order valence-corrected chi connectivity index (χ3v) is 4.28. The molecule has 0 aliphatic heterocycles. The molecule has 0 aromatic rings. The lowest BCUT2D eigenvalue weighted by molar-refractivity contribution is 0.265. The SMILES string of the molecule is CC(C)CS(=O)(=O)NC(CCO)C1CC1. The third-order valence-electron chi connectivity index (χ3n) is 2.51. The molecule has 0 aromatic carbocycles. The first-order chi connectivity index (χ1) is 6.94. The van der Waals surface area contributed by atoms with Gasteiger partial charge in [0.1, 0.15) is 0 Å². The summed E-state index contributed by atoms with van der Waals surface area (Å²) in [6, 6.07) is -0.0567. The molecule has 4 nitrogen and oxygen atoms in total. The molecule has 0 bridgehead atoms. The number of rotatable bonds is 7. The topological polar surface area (TPSA) is 66.4 Å². The third kappa shape index (κ3) is 4.95. The van der Waals surface area contributed by atoms with Gasteiger partial charge >= 0.3 is 0 Å². The summed E-state index contributed by atoms with van der Waals surface area (Å²) in [6.07, 6.45) is 2.69. The van der Waals surface area contributed by atoms with Gasteiger partial charge in [0.05, 0.1) is 5.75 Å². The molecule has 90 valence electrons. The van der Waals surface area contributed by atoms with Gasteiger partial charge in [0, 0.05) is 12.6 Å². The van der Waals surface area contributed by atoms with Gasteiger partial charge in [-0.1, -0.05) is 13.8 Å². The zero-order valence-electron chi connectivity index (χ0n) is 9.44. The number of nitrogens with one attached hydrogen (secondary N) is 1. The van der Waals surface area contributed by atoms with Crippen molar-refractivity contribution in [2.24, 2.45) is 11.8 Å². The number of aliphatic hydroxyl groups is 1. The molecule has 0 heterocycles. The standard InChI is InChI=1S/C10H21NO3S/c1-8(2)7-15(13,14)11-10(5-6-12)9-3-4-9/h8-12H,3-7H2,1-2H3. The van der Waals surface area contributed by atoms with Crippen LogP contribution in [0.3, 0.4) is 0 Å². The van der Waals surface area contributed by atoms with E-state index in [1.165, 1.54) is 0 Å². The van der Waals surface area contributed by atoms with E-state index >= 15 is 0 Å². The molecular weight excluding hydrogens is 214 g/mol. The molecule has 1 saturated carbocycles. The minimum Gasteiger partial charge on any atom is -0.396 e. The maximum atomic E-state index is 11.7. The Balaban J connectivity index is 2.48. The quantitative estimate of drug-likeness (QED) is 0.683. The fourth-order valence-electron chi connectivity index (χ4n) is 1.75. The Morgan fingerprint density at radius 2 is 2.00 bits per heavy atom. The van der Waals surface area contributed by atoms with Crippen LogP contribution in [0.1, 0.15) is 33.1 Å². The van der Waals surface area contributed by atoms with Crippen LogP contribution in [-0.2, 0) is 10.0 Å². The van der Waals surface area contributed by atoms with Gasteiger partial charge in [-0.25, -0.2) is 13.1 Å². The Hall–Kier alpha value is -0.130. The molecule has 1 aliphatic rings. The van der Waals surface area contributed by atoms with Crippen LogP contribution in [-0.4, -0.2) is 31.9 Å². The van der Waals surface area contributed by atoms with Crippen LogP contribution < -0.4 is 4.72 Å². The van der Waals surface area contributed by atoms with Crippen molar-refractivity contribution in [2.75, 3.05) is 12.4 Å². The van der Waals surface area contributed by atoms with Gasteiger partial charge in [-0.2, -0.15) is 0 Å². The highest BCUT2D eigenvalue weighted by Gasteiger charge is 2.33. The molecule has 0 radical (unpaired) electrons. The minimum absolute atomic E-state index is 0.0470. The van der Waals surface area contributed by atoms with Crippen molar-refractivity contribution in [1.29, 1.82) is 0 Å². The highest BCUT2D eigenvalue weighted by molar-refractivity contribution is 7.89. The van der Waals surface area contributed by atoms with Crippen molar-refractivity contribution >= 4 is 10.0 Å². The van der Waals surface area contributed by atoms with E-state index in [9.17, 15) is 8.42 Å². The highest BCUT2D eigenvalue weighted by Crippen LogP contribution is 2.34. The van der Waals surface area contributed by atoms with Crippen LogP contribution in [0.15, 0.2) is 0 Å². The van der Waals surface area contributed by atoms with Gasteiger partial charge in [0.25, 0.3) is 0 Å². The summed E-state index contributed by atoms with van der Waals surface area (Å²) >= 11 is 0. The maximum Gasteiger partial charge on any atom is 0.212 e. The second-order valence-electron chi connectivity index (χ2n) is 4.75. The van der Waals surface area contributed by atoms with E-state index in [0.717, 1.165) is 12.8 Å². The summed E-state index contributed by atoms with van der Waals surface area (Å²) in [4.78, 5) is 0. The van der Waals surface area contributed by atoms with Crippen molar-refractivity contribution < 1.29 is 13.5 Å². The lowest BCUT2D eigenvalue weighted by atomic mass is 10.1. The van der Waals surface area contributed by atoms with Gasteiger partial charge in [-0.3, -0.25) is 0 Å². The largest absolute Gasteiger partial charge is 0.396 e. The first-order valence-corrected chi connectivity index (χ1v) is 7.20. The predicted octanol–water partition coefficient (Wildman–Crippen LogP) is 0.723. The van der Waals surface area contributed by atoms with E-state index < -0.39 is 10.0 Å². The predicted molar refractivity (Wildman–Crippen MR) is 60.0 cm³/mol. The number of sulfonamides is 1. The van der Waals surface area contributed by atoms with E-state index in [0.29, 0.717) is 12.3 Å². The van der Waals surface area contributed by atoms with Crippen LogP contribution in [0.5, 0.6) is 0 Å². The summed E-state index contributed by atoms with van der Waals surface area (Å²) in [5.41, 5.74) is 0. The van der Waals surface area contributed by atoms with Crippen LogP contribution in [0.4, 0.5) is 0 Å². The van der Waals surface area contributed by atoms with Gasteiger partial charge in [0.15, 0.2) is 0 Å². The van der Waals surface area contributed by atoms with Crippen molar-refractivity contribution in [2.45, 2.75) is 39.2 Å². The van der Waals surface area contributed by atoms with E-state index in [4.69, 9.17) is 5.11 Å². The Morgan fingerprint density at radius 1 is 1.40 bits per heavy atom. The zero-order valence-corrected chi connectivity index (χ0v) is 10.3. The molecule has 1 unspecified atom stereocenters. The summed E-state index contributed by atoms with van der Waals surface area (Å²) in [7, 11) is -3.17. The Bertz CT molecular complexity index is 283. The van der Waals surface area contributed by atoms with E-state index in [-0.39, 0.29) is 24.3 Å². The number of hydrogen-bond donors (Lipinski definition) is 2. The molecule has 0 spiro atoms. The summed E-state index contributed by atoms with van der Waals surface area (Å²) in [6.45, 7) is 3.82. The summed E-state index contributed by atoms with van der Waals surface area (Å²) in [5, 5.41) is 8.86. The smallest absolute Gasteiger partial charge is 0.212 e. The van der Waals surface area contributed by atoms with Crippen molar-refractivity contribution in [3.05, 3.63) is 0 Å². The van der Waals surface area contributed by atoms with Gasteiger partial charge in [0.2, 0.25) is 10.0 Å². The monoisotopic (exact) mass is 235 g/mol. The molecule has 1 aliphatic carbocycles. The summed E-state index contributed by atoms with van der Waals surface area (Å²) in [5.74, 6) is 0.748. The molecule has 1 fully saturated rings. The maximum absolute atomic E-state index is 11.7. The lowest BCUT2D eigenvalue weighted by Gasteiger charge is -2.18.